The molecule has 5 heteroatoms. The Morgan fingerprint density at radius 1 is 1.48 bits per heavy atom. The van der Waals surface area contributed by atoms with Crippen molar-refractivity contribution in [1.29, 1.82) is 0 Å². The predicted molar refractivity (Wildman–Crippen MR) is 94.3 cm³/mol. The van der Waals surface area contributed by atoms with Crippen LogP contribution in [0.3, 0.4) is 0 Å². The minimum Gasteiger partial charge on any atom is -0.386 e. The first kappa shape index (κ1) is 16.4. The molecule has 1 aromatic heterocycles. The molecule has 4 nitrogen and oxygen atoms in total. The van der Waals surface area contributed by atoms with Gasteiger partial charge >= 0.3 is 0 Å². The monoisotopic (exact) mass is 332 g/mol. The van der Waals surface area contributed by atoms with Crippen molar-refractivity contribution in [3.8, 4) is 0 Å². The molecule has 1 amide bonds. The van der Waals surface area contributed by atoms with Crippen molar-refractivity contribution in [3.05, 3.63) is 35.2 Å². The van der Waals surface area contributed by atoms with Crippen LogP contribution < -0.4 is 11.1 Å². The molecule has 0 aliphatic heterocycles. The van der Waals surface area contributed by atoms with Crippen molar-refractivity contribution in [3.63, 3.8) is 0 Å². The summed E-state index contributed by atoms with van der Waals surface area (Å²) in [5.41, 5.74) is 5.83. The van der Waals surface area contributed by atoms with Crippen molar-refractivity contribution in [2.75, 3.05) is 6.54 Å². The first-order valence-corrected chi connectivity index (χ1v) is 9.02. The van der Waals surface area contributed by atoms with Crippen LogP contribution in [0.5, 0.6) is 0 Å². The highest BCUT2D eigenvalue weighted by molar-refractivity contribution is 7.19. The third-order valence-corrected chi connectivity index (χ3v) is 6.03. The van der Waals surface area contributed by atoms with E-state index in [-0.39, 0.29) is 18.4 Å². The molecule has 3 atom stereocenters. The van der Waals surface area contributed by atoms with Crippen LogP contribution in [0.25, 0.3) is 10.1 Å². The molecule has 124 valence electrons. The molecule has 3 rings (SSSR count). The normalized spacial score (nSPS) is 26.1. The van der Waals surface area contributed by atoms with Gasteiger partial charge in [-0.25, -0.2) is 0 Å². The first-order chi connectivity index (χ1) is 11.0. The molecular weight excluding hydrogens is 308 g/mol. The Bertz CT molecular complexity index is 662. The van der Waals surface area contributed by atoms with E-state index in [1.165, 1.54) is 0 Å². The lowest BCUT2D eigenvalue weighted by atomic mass is 9.74. The number of nitrogens with two attached hydrogens (primary N) is 1. The molecule has 0 saturated heterocycles. The van der Waals surface area contributed by atoms with Gasteiger partial charge < -0.3 is 16.2 Å². The van der Waals surface area contributed by atoms with Gasteiger partial charge in [-0.2, -0.15) is 0 Å². The molecule has 1 heterocycles. The number of carbonyl (C=O) groups excluding carboxylic acids is 1. The second-order valence-electron chi connectivity index (χ2n) is 6.75. The quantitative estimate of drug-likeness (QED) is 0.806. The van der Waals surface area contributed by atoms with Crippen LogP contribution in [0.1, 0.15) is 43.6 Å². The van der Waals surface area contributed by atoms with Gasteiger partial charge in [0.15, 0.2) is 0 Å². The van der Waals surface area contributed by atoms with Crippen LogP contribution in [-0.2, 0) is 4.79 Å². The highest BCUT2D eigenvalue weighted by atomic mass is 32.1. The van der Waals surface area contributed by atoms with Crippen LogP contribution in [0, 0.1) is 5.92 Å². The van der Waals surface area contributed by atoms with Crippen molar-refractivity contribution in [2.24, 2.45) is 11.7 Å². The molecular formula is C18H24N2O2S. The summed E-state index contributed by atoms with van der Waals surface area (Å²) >= 11 is 1.57. The summed E-state index contributed by atoms with van der Waals surface area (Å²) in [6.07, 6.45) is 3.16. The smallest absolute Gasteiger partial charge is 0.225 e. The van der Waals surface area contributed by atoms with E-state index in [2.05, 4.69) is 5.32 Å². The van der Waals surface area contributed by atoms with Crippen molar-refractivity contribution < 1.29 is 9.90 Å². The van der Waals surface area contributed by atoms with E-state index < -0.39 is 11.6 Å². The average molecular weight is 332 g/mol. The third kappa shape index (κ3) is 3.57. The summed E-state index contributed by atoms with van der Waals surface area (Å²) < 4.78 is 1.15. The number of hydrogen-bond acceptors (Lipinski definition) is 4. The van der Waals surface area contributed by atoms with E-state index in [1.54, 1.807) is 11.3 Å². The standard InChI is InChI=1S/C18H24N2O2S/c1-18(19)9-5-4-7-13(18)17(22)20-11-14(21)16-10-12-6-2-3-8-15(12)23-16/h2-3,6,8,10,13-14,21H,4-5,7,9,11,19H2,1H3,(H,20,22). The van der Waals surface area contributed by atoms with Gasteiger partial charge in [-0.15, -0.1) is 11.3 Å². The largest absolute Gasteiger partial charge is 0.386 e. The van der Waals surface area contributed by atoms with E-state index in [0.29, 0.717) is 0 Å². The number of aliphatic hydroxyl groups is 1. The summed E-state index contributed by atoms with van der Waals surface area (Å²) in [5.74, 6) is -0.194. The zero-order valence-corrected chi connectivity index (χ0v) is 14.2. The van der Waals surface area contributed by atoms with Gasteiger partial charge in [0.1, 0.15) is 6.10 Å². The molecule has 4 N–H and O–H groups in total. The zero-order valence-electron chi connectivity index (χ0n) is 13.4. The Labute approximate surface area is 140 Å². The fourth-order valence-corrected chi connectivity index (χ4v) is 4.43. The van der Waals surface area contributed by atoms with Crippen LogP contribution in [0.15, 0.2) is 30.3 Å². The zero-order chi connectivity index (χ0) is 16.4. The second kappa shape index (κ2) is 6.59. The summed E-state index contributed by atoms with van der Waals surface area (Å²) in [6.45, 7) is 2.19. The molecule has 3 unspecified atom stereocenters. The van der Waals surface area contributed by atoms with Gasteiger partial charge in [0.25, 0.3) is 0 Å². The minimum atomic E-state index is -0.677. The Balaban J connectivity index is 1.62. The van der Waals surface area contributed by atoms with E-state index in [4.69, 9.17) is 5.73 Å². The highest BCUT2D eigenvalue weighted by Gasteiger charge is 2.37. The Kier molecular flexibility index (Phi) is 4.71. The second-order valence-corrected chi connectivity index (χ2v) is 7.87. The molecule has 0 bridgehead atoms. The molecule has 1 saturated carbocycles. The van der Waals surface area contributed by atoms with Gasteiger partial charge in [0, 0.05) is 21.7 Å². The molecule has 1 aliphatic rings. The van der Waals surface area contributed by atoms with Crippen molar-refractivity contribution in [2.45, 2.75) is 44.2 Å². The molecule has 0 spiro atoms. The Morgan fingerprint density at radius 3 is 3.00 bits per heavy atom. The summed E-state index contributed by atoms with van der Waals surface area (Å²) in [7, 11) is 0. The number of fused-ring (bicyclic) bond motifs is 1. The maximum Gasteiger partial charge on any atom is 0.225 e. The predicted octanol–water partition coefficient (Wildman–Crippen LogP) is 2.96. The molecule has 1 aromatic carbocycles. The number of carbonyl (C=O) groups is 1. The van der Waals surface area contributed by atoms with Crippen LogP contribution in [0.2, 0.25) is 0 Å². The van der Waals surface area contributed by atoms with Gasteiger partial charge in [-0.05, 0) is 37.3 Å². The fourth-order valence-electron chi connectivity index (χ4n) is 3.38. The number of nitrogens with one attached hydrogen (secondary N) is 1. The van der Waals surface area contributed by atoms with E-state index in [9.17, 15) is 9.90 Å². The van der Waals surface area contributed by atoms with Gasteiger partial charge in [-0.3, -0.25) is 4.79 Å². The van der Waals surface area contributed by atoms with E-state index >= 15 is 0 Å². The molecule has 0 radical (unpaired) electrons. The number of thiophene rings is 1. The Morgan fingerprint density at radius 2 is 2.26 bits per heavy atom. The lowest BCUT2D eigenvalue weighted by molar-refractivity contribution is -0.128. The van der Waals surface area contributed by atoms with Gasteiger partial charge in [0.2, 0.25) is 5.91 Å². The molecule has 2 aromatic rings. The summed E-state index contributed by atoms with van der Waals surface area (Å²) in [4.78, 5) is 13.3. The molecule has 23 heavy (non-hydrogen) atoms. The lowest BCUT2D eigenvalue weighted by Gasteiger charge is -2.37. The van der Waals surface area contributed by atoms with Crippen molar-refractivity contribution >= 4 is 27.3 Å². The maximum absolute atomic E-state index is 12.4. The van der Waals surface area contributed by atoms with Crippen LogP contribution in [-0.4, -0.2) is 23.1 Å². The molecule has 1 fully saturated rings. The topological polar surface area (TPSA) is 75.4 Å². The average Bonchev–Trinajstić information content (AvgIpc) is 2.96. The fraction of sp³-hybridized carbons (Fsp3) is 0.500. The number of rotatable bonds is 4. The van der Waals surface area contributed by atoms with Gasteiger partial charge in [0.05, 0.1) is 5.92 Å². The maximum atomic E-state index is 12.4. The van der Waals surface area contributed by atoms with Gasteiger partial charge in [-0.1, -0.05) is 31.0 Å². The van der Waals surface area contributed by atoms with Crippen molar-refractivity contribution in [1.82, 2.24) is 5.32 Å². The number of hydrogen-bond donors (Lipinski definition) is 3. The van der Waals surface area contributed by atoms with Crippen LogP contribution in [0.4, 0.5) is 0 Å². The summed E-state index contributed by atoms with van der Waals surface area (Å²) in [6, 6.07) is 10.0. The number of amides is 1. The number of aliphatic hydroxyl groups excluding tert-OH is 1. The van der Waals surface area contributed by atoms with Crippen LogP contribution >= 0.6 is 11.3 Å². The Hall–Kier alpha value is -1.43. The number of benzene rings is 1. The molecule has 1 aliphatic carbocycles. The van der Waals surface area contributed by atoms with E-state index in [0.717, 1.165) is 40.6 Å². The highest BCUT2D eigenvalue weighted by Crippen LogP contribution is 2.32. The third-order valence-electron chi connectivity index (χ3n) is 4.81. The lowest BCUT2D eigenvalue weighted by Crippen LogP contribution is -2.53. The minimum absolute atomic E-state index is 0.0325. The van der Waals surface area contributed by atoms with E-state index in [1.807, 2.05) is 37.3 Å². The summed E-state index contributed by atoms with van der Waals surface area (Å²) in [5, 5.41) is 14.4. The SMILES string of the molecule is CC1(N)CCCCC1C(=O)NCC(O)c1cc2ccccc2s1. The first-order valence-electron chi connectivity index (χ1n) is 8.20.